The summed E-state index contributed by atoms with van der Waals surface area (Å²) in [5.74, 6) is 0.0228. The molecule has 1 fully saturated rings. The molecule has 0 bridgehead atoms. The van der Waals surface area contributed by atoms with Crippen molar-refractivity contribution in [3.8, 4) is 0 Å². The van der Waals surface area contributed by atoms with Crippen LogP contribution in [0.5, 0.6) is 0 Å². The van der Waals surface area contributed by atoms with Gasteiger partial charge in [-0.3, -0.25) is 9.48 Å². The van der Waals surface area contributed by atoms with Crippen LogP contribution in [0, 0.1) is 6.92 Å². The molecule has 24 heavy (non-hydrogen) atoms. The predicted molar refractivity (Wildman–Crippen MR) is 91.6 cm³/mol. The van der Waals surface area contributed by atoms with Crippen molar-refractivity contribution < 1.29 is 13.2 Å². The van der Waals surface area contributed by atoms with Crippen molar-refractivity contribution in [2.24, 2.45) is 0 Å². The fraction of sp³-hybridized carbons (Fsp3) is 0.412. The van der Waals surface area contributed by atoms with E-state index in [1.165, 1.54) is 0 Å². The van der Waals surface area contributed by atoms with Crippen LogP contribution in [-0.4, -0.2) is 35.6 Å². The summed E-state index contributed by atoms with van der Waals surface area (Å²) < 4.78 is 25.0. The van der Waals surface area contributed by atoms with Crippen molar-refractivity contribution in [2.75, 3.05) is 11.5 Å². The maximum atomic E-state index is 12.4. The number of hydrogen-bond donors (Lipinski definition) is 1. The quantitative estimate of drug-likeness (QED) is 0.918. The molecule has 1 aromatic carbocycles. The molecule has 3 rings (SSSR count). The number of benzene rings is 1. The van der Waals surface area contributed by atoms with Gasteiger partial charge in [0, 0.05) is 5.69 Å². The smallest absolute Gasteiger partial charge is 0.272 e. The SMILES string of the molecule is Cc1cc(C(=O)NC(C)c2ccccc2)nn1C1CCS(=O)(=O)C1. The monoisotopic (exact) mass is 347 g/mol. The van der Waals surface area contributed by atoms with E-state index in [-0.39, 0.29) is 29.5 Å². The first-order chi connectivity index (χ1) is 11.4. The Balaban J connectivity index is 1.74. The first-order valence-electron chi connectivity index (χ1n) is 7.98. The van der Waals surface area contributed by atoms with E-state index >= 15 is 0 Å². The molecule has 0 saturated carbocycles. The molecule has 1 aliphatic heterocycles. The van der Waals surface area contributed by atoms with E-state index in [2.05, 4.69) is 10.4 Å². The average molecular weight is 347 g/mol. The predicted octanol–water partition coefficient (Wildman–Crippen LogP) is 2.04. The highest BCUT2D eigenvalue weighted by molar-refractivity contribution is 7.91. The molecule has 2 atom stereocenters. The fourth-order valence-corrected chi connectivity index (χ4v) is 4.72. The summed E-state index contributed by atoms with van der Waals surface area (Å²) in [6, 6.07) is 11.1. The molecule has 0 aliphatic carbocycles. The zero-order valence-electron chi connectivity index (χ0n) is 13.8. The van der Waals surface area contributed by atoms with E-state index in [9.17, 15) is 13.2 Å². The first kappa shape index (κ1) is 16.7. The average Bonchev–Trinajstić information content (AvgIpc) is 3.10. The van der Waals surface area contributed by atoms with Crippen molar-refractivity contribution in [1.29, 1.82) is 0 Å². The van der Waals surface area contributed by atoms with Crippen LogP contribution in [0.2, 0.25) is 0 Å². The molecular weight excluding hydrogens is 326 g/mol. The normalized spacial score (nSPS) is 20.7. The number of hydrogen-bond acceptors (Lipinski definition) is 4. The Morgan fingerprint density at radius 3 is 2.67 bits per heavy atom. The number of nitrogens with zero attached hydrogens (tertiary/aromatic N) is 2. The maximum absolute atomic E-state index is 12.4. The van der Waals surface area contributed by atoms with Gasteiger partial charge >= 0.3 is 0 Å². The molecule has 2 unspecified atom stereocenters. The van der Waals surface area contributed by atoms with Gasteiger partial charge < -0.3 is 5.32 Å². The van der Waals surface area contributed by atoms with Gasteiger partial charge in [0.05, 0.1) is 23.6 Å². The van der Waals surface area contributed by atoms with Crippen LogP contribution in [-0.2, 0) is 9.84 Å². The molecule has 128 valence electrons. The Bertz CT molecular complexity index is 843. The second kappa shape index (κ2) is 6.39. The lowest BCUT2D eigenvalue weighted by Crippen LogP contribution is -2.27. The van der Waals surface area contributed by atoms with Gasteiger partial charge in [0.25, 0.3) is 5.91 Å². The fourth-order valence-electron chi connectivity index (χ4n) is 3.03. The van der Waals surface area contributed by atoms with Gasteiger partial charge in [0.15, 0.2) is 9.84 Å². The number of amides is 1. The number of carbonyl (C=O) groups is 1. The van der Waals surface area contributed by atoms with Crippen molar-refractivity contribution in [3.63, 3.8) is 0 Å². The summed E-state index contributed by atoms with van der Waals surface area (Å²) in [4.78, 5) is 12.4. The van der Waals surface area contributed by atoms with Crippen LogP contribution in [0.1, 0.15) is 47.2 Å². The van der Waals surface area contributed by atoms with E-state index in [0.717, 1.165) is 11.3 Å². The van der Waals surface area contributed by atoms with Crippen LogP contribution >= 0.6 is 0 Å². The molecule has 7 heteroatoms. The largest absolute Gasteiger partial charge is 0.344 e. The Labute approximate surface area is 141 Å². The Hall–Kier alpha value is -2.15. The Kier molecular flexibility index (Phi) is 4.45. The zero-order valence-corrected chi connectivity index (χ0v) is 14.6. The summed E-state index contributed by atoms with van der Waals surface area (Å²) in [5.41, 5.74) is 2.14. The number of carbonyl (C=O) groups excluding carboxylic acids is 1. The zero-order chi connectivity index (χ0) is 17.3. The first-order valence-corrected chi connectivity index (χ1v) is 9.80. The highest BCUT2D eigenvalue weighted by atomic mass is 32.2. The van der Waals surface area contributed by atoms with Crippen molar-refractivity contribution >= 4 is 15.7 Å². The second-order valence-electron chi connectivity index (χ2n) is 6.28. The van der Waals surface area contributed by atoms with Gasteiger partial charge in [0.1, 0.15) is 5.69 Å². The summed E-state index contributed by atoms with van der Waals surface area (Å²) in [6.45, 7) is 3.76. The summed E-state index contributed by atoms with van der Waals surface area (Å²) in [7, 11) is -2.99. The van der Waals surface area contributed by atoms with Crippen LogP contribution in [0.4, 0.5) is 0 Å². The van der Waals surface area contributed by atoms with E-state index in [4.69, 9.17) is 0 Å². The van der Waals surface area contributed by atoms with Crippen LogP contribution in [0.15, 0.2) is 36.4 Å². The number of rotatable bonds is 4. The van der Waals surface area contributed by atoms with E-state index in [1.807, 2.05) is 44.2 Å². The van der Waals surface area contributed by atoms with Gasteiger partial charge in [-0.15, -0.1) is 0 Å². The maximum Gasteiger partial charge on any atom is 0.272 e. The van der Waals surface area contributed by atoms with Crippen molar-refractivity contribution in [3.05, 3.63) is 53.3 Å². The van der Waals surface area contributed by atoms with Gasteiger partial charge in [-0.1, -0.05) is 30.3 Å². The molecule has 2 heterocycles. The molecule has 2 aromatic rings. The molecule has 1 aliphatic rings. The standard InChI is InChI=1S/C17H21N3O3S/c1-12-10-16(19-20(12)15-8-9-24(22,23)11-15)17(21)18-13(2)14-6-4-3-5-7-14/h3-7,10,13,15H,8-9,11H2,1-2H3,(H,18,21). The molecule has 1 aromatic heterocycles. The number of nitrogens with one attached hydrogen (secondary N) is 1. The molecule has 6 nitrogen and oxygen atoms in total. The van der Waals surface area contributed by atoms with Gasteiger partial charge in [0.2, 0.25) is 0 Å². The highest BCUT2D eigenvalue weighted by Gasteiger charge is 2.31. The summed E-state index contributed by atoms with van der Waals surface area (Å²) in [5, 5.41) is 7.27. The summed E-state index contributed by atoms with van der Waals surface area (Å²) >= 11 is 0. The molecular formula is C17H21N3O3S. The third-order valence-electron chi connectivity index (χ3n) is 4.36. The Morgan fingerprint density at radius 2 is 2.04 bits per heavy atom. The third kappa shape index (κ3) is 3.51. The Morgan fingerprint density at radius 1 is 1.33 bits per heavy atom. The minimum Gasteiger partial charge on any atom is -0.344 e. The van der Waals surface area contributed by atoms with Crippen LogP contribution < -0.4 is 5.32 Å². The van der Waals surface area contributed by atoms with Gasteiger partial charge in [-0.25, -0.2) is 8.42 Å². The lowest BCUT2D eigenvalue weighted by Gasteiger charge is -2.13. The minimum atomic E-state index is -2.99. The molecule has 1 N–H and O–H groups in total. The van der Waals surface area contributed by atoms with Crippen molar-refractivity contribution in [1.82, 2.24) is 15.1 Å². The number of aromatic nitrogens is 2. The highest BCUT2D eigenvalue weighted by Crippen LogP contribution is 2.25. The van der Waals surface area contributed by atoms with Crippen molar-refractivity contribution in [2.45, 2.75) is 32.4 Å². The van der Waals surface area contributed by atoms with Crippen LogP contribution in [0.3, 0.4) is 0 Å². The van der Waals surface area contributed by atoms with Gasteiger partial charge in [-0.05, 0) is 31.9 Å². The molecule has 0 radical (unpaired) electrons. The molecule has 1 amide bonds. The van der Waals surface area contributed by atoms with E-state index in [1.54, 1.807) is 10.7 Å². The summed E-state index contributed by atoms with van der Waals surface area (Å²) in [6.07, 6.45) is 0.548. The van der Waals surface area contributed by atoms with Gasteiger partial charge in [-0.2, -0.15) is 5.10 Å². The lowest BCUT2D eigenvalue weighted by atomic mass is 10.1. The number of sulfone groups is 1. The molecule has 1 saturated heterocycles. The number of aryl methyl sites for hydroxylation is 1. The van der Waals surface area contributed by atoms with Crippen LogP contribution in [0.25, 0.3) is 0 Å². The topological polar surface area (TPSA) is 81.1 Å². The molecule has 0 spiro atoms. The van der Waals surface area contributed by atoms with E-state index < -0.39 is 9.84 Å². The third-order valence-corrected chi connectivity index (χ3v) is 6.11. The minimum absolute atomic E-state index is 0.0942. The lowest BCUT2D eigenvalue weighted by molar-refractivity contribution is 0.0933. The van der Waals surface area contributed by atoms with E-state index in [0.29, 0.717) is 12.1 Å². The second-order valence-corrected chi connectivity index (χ2v) is 8.51.